The number of nitrogens with one attached hydrogen (secondary N) is 1. The fourth-order valence-corrected chi connectivity index (χ4v) is 2.94. The first-order valence-electron chi connectivity index (χ1n) is 6.72. The normalized spacial score (nSPS) is 10.8. The summed E-state index contributed by atoms with van der Waals surface area (Å²) >= 11 is 1.67. The zero-order valence-corrected chi connectivity index (χ0v) is 13.0. The third kappa shape index (κ3) is 4.77. The summed E-state index contributed by atoms with van der Waals surface area (Å²) in [6.07, 6.45) is 0.725. The molecule has 0 unspecified atom stereocenters. The molecule has 1 N–H and O–H groups in total. The predicted octanol–water partition coefficient (Wildman–Crippen LogP) is 2.77. The Bertz CT molecular complexity index is 534. The second-order valence-electron chi connectivity index (χ2n) is 4.49. The largest absolute Gasteiger partial charge is 0.493 e. The van der Waals surface area contributed by atoms with Crippen molar-refractivity contribution >= 4 is 11.3 Å². The Morgan fingerprint density at radius 1 is 1.29 bits per heavy atom. The van der Waals surface area contributed by atoms with Gasteiger partial charge in [-0.25, -0.2) is 9.37 Å². The smallest absolute Gasteiger partial charge is 0.123 e. The summed E-state index contributed by atoms with van der Waals surface area (Å²) in [6, 6.07) is 6.03. The van der Waals surface area contributed by atoms with E-state index in [1.807, 2.05) is 7.05 Å². The van der Waals surface area contributed by atoms with E-state index in [9.17, 15) is 4.39 Å². The number of nitrogens with zero attached hydrogens (tertiary/aromatic N) is 1. The van der Waals surface area contributed by atoms with Gasteiger partial charge < -0.3 is 14.8 Å². The van der Waals surface area contributed by atoms with E-state index in [1.54, 1.807) is 30.6 Å². The van der Waals surface area contributed by atoms with E-state index in [2.05, 4.69) is 10.3 Å². The predicted molar refractivity (Wildman–Crippen MR) is 81.2 cm³/mol. The van der Waals surface area contributed by atoms with Gasteiger partial charge in [0.25, 0.3) is 0 Å². The maximum absolute atomic E-state index is 12.8. The highest BCUT2D eigenvalue weighted by Gasteiger charge is 2.10. The van der Waals surface area contributed by atoms with Gasteiger partial charge in [-0.1, -0.05) is 0 Å². The quantitative estimate of drug-likeness (QED) is 0.814. The first kappa shape index (κ1) is 15.9. The lowest BCUT2D eigenvalue weighted by Gasteiger charge is -2.04. The monoisotopic (exact) mass is 310 g/mol. The molecule has 0 amide bonds. The van der Waals surface area contributed by atoms with Crippen LogP contribution in [0.1, 0.15) is 15.6 Å². The first-order chi connectivity index (χ1) is 10.2. The highest BCUT2D eigenvalue weighted by Crippen LogP contribution is 2.20. The van der Waals surface area contributed by atoms with E-state index >= 15 is 0 Å². The van der Waals surface area contributed by atoms with Crippen LogP contribution >= 0.6 is 11.3 Å². The van der Waals surface area contributed by atoms with Gasteiger partial charge in [0.05, 0.1) is 23.9 Å². The lowest BCUT2D eigenvalue weighted by Crippen LogP contribution is -2.06. The van der Waals surface area contributed by atoms with E-state index in [0.29, 0.717) is 19.0 Å². The first-order valence-corrected chi connectivity index (χ1v) is 7.54. The van der Waals surface area contributed by atoms with E-state index in [4.69, 9.17) is 9.47 Å². The van der Waals surface area contributed by atoms with Crippen molar-refractivity contribution in [3.8, 4) is 5.75 Å². The van der Waals surface area contributed by atoms with Gasteiger partial charge in [-0.15, -0.1) is 11.3 Å². The Morgan fingerprint density at radius 3 is 2.71 bits per heavy atom. The third-order valence-corrected chi connectivity index (χ3v) is 4.00. The molecular weight excluding hydrogens is 291 g/mol. The van der Waals surface area contributed by atoms with Gasteiger partial charge >= 0.3 is 0 Å². The molecule has 114 valence electrons. The number of benzene rings is 1. The van der Waals surface area contributed by atoms with Gasteiger partial charge in [0.15, 0.2) is 0 Å². The Hall–Kier alpha value is -1.50. The Labute approximate surface area is 127 Å². The molecule has 6 heteroatoms. The molecule has 1 aromatic carbocycles. The summed E-state index contributed by atoms with van der Waals surface area (Å²) < 4.78 is 23.5. The fourth-order valence-electron chi connectivity index (χ4n) is 1.88. The zero-order valence-electron chi connectivity index (χ0n) is 12.2. The van der Waals surface area contributed by atoms with Crippen LogP contribution in [0.5, 0.6) is 5.75 Å². The van der Waals surface area contributed by atoms with Gasteiger partial charge in [0.1, 0.15) is 11.6 Å². The number of aromatic nitrogens is 1. The molecule has 2 rings (SSSR count). The molecule has 0 radical (unpaired) electrons. The number of methoxy groups -OCH3 is 1. The summed E-state index contributed by atoms with van der Waals surface area (Å²) in [5, 5.41) is 4.15. The van der Waals surface area contributed by atoms with Crippen LogP contribution in [-0.2, 0) is 24.3 Å². The summed E-state index contributed by atoms with van der Waals surface area (Å²) in [6.45, 7) is 1.83. The standard InChI is InChI=1S/C15H19FN2O2S/c1-17-9-14-13(10-19-2)18-15(21-14)7-8-20-12-5-3-11(16)4-6-12/h3-6,17H,7-10H2,1-2H3. The van der Waals surface area contributed by atoms with Gasteiger partial charge in [-0.2, -0.15) is 0 Å². The Kier molecular flexibility index (Phi) is 6.10. The lowest BCUT2D eigenvalue weighted by atomic mass is 10.3. The third-order valence-electron chi connectivity index (χ3n) is 2.84. The molecule has 0 aliphatic heterocycles. The van der Waals surface area contributed by atoms with Crippen molar-refractivity contribution in [3.05, 3.63) is 45.7 Å². The number of hydrogen-bond acceptors (Lipinski definition) is 5. The molecule has 0 fully saturated rings. The average molecular weight is 310 g/mol. The molecule has 21 heavy (non-hydrogen) atoms. The van der Waals surface area contributed by atoms with Crippen LogP contribution in [0.25, 0.3) is 0 Å². The van der Waals surface area contributed by atoms with Gasteiger partial charge in [-0.05, 0) is 31.3 Å². The lowest BCUT2D eigenvalue weighted by molar-refractivity contribution is 0.181. The summed E-state index contributed by atoms with van der Waals surface area (Å²) in [4.78, 5) is 5.77. The van der Waals surface area contributed by atoms with Gasteiger partial charge in [-0.3, -0.25) is 0 Å². The minimum Gasteiger partial charge on any atom is -0.493 e. The van der Waals surface area contributed by atoms with Crippen molar-refractivity contribution in [1.82, 2.24) is 10.3 Å². The summed E-state index contributed by atoms with van der Waals surface area (Å²) in [5.41, 5.74) is 0.980. The molecule has 0 bridgehead atoms. The number of hydrogen-bond donors (Lipinski definition) is 1. The molecule has 4 nitrogen and oxygen atoms in total. The number of thiazole rings is 1. The van der Waals surface area contributed by atoms with Crippen LogP contribution in [0.3, 0.4) is 0 Å². The van der Waals surface area contributed by atoms with Crippen molar-refractivity contribution in [2.75, 3.05) is 20.8 Å². The molecule has 0 aliphatic carbocycles. The average Bonchev–Trinajstić information content (AvgIpc) is 2.84. The van der Waals surface area contributed by atoms with Crippen LogP contribution in [0.15, 0.2) is 24.3 Å². The van der Waals surface area contributed by atoms with E-state index in [-0.39, 0.29) is 5.82 Å². The molecule has 2 aromatic rings. The van der Waals surface area contributed by atoms with Gasteiger partial charge in [0.2, 0.25) is 0 Å². The maximum atomic E-state index is 12.8. The zero-order chi connectivity index (χ0) is 15.1. The fraction of sp³-hybridized carbons (Fsp3) is 0.400. The van der Waals surface area contributed by atoms with Crippen LogP contribution in [0.4, 0.5) is 4.39 Å². The molecule has 0 atom stereocenters. The van der Waals surface area contributed by atoms with E-state index in [1.165, 1.54) is 17.0 Å². The molecule has 0 aliphatic rings. The second-order valence-corrected chi connectivity index (χ2v) is 5.66. The number of ether oxygens (including phenoxy) is 2. The van der Waals surface area contributed by atoms with Crippen LogP contribution in [0.2, 0.25) is 0 Å². The van der Waals surface area contributed by atoms with Crippen molar-refractivity contribution in [2.24, 2.45) is 0 Å². The molecule has 0 saturated heterocycles. The maximum Gasteiger partial charge on any atom is 0.123 e. The molecule has 0 saturated carbocycles. The second kappa shape index (κ2) is 8.07. The van der Waals surface area contributed by atoms with Crippen molar-refractivity contribution in [3.63, 3.8) is 0 Å². The number of halogens is 1. The Balaban J connectivity index is 1.90. The van der Waals surface area contributed by atoms with Crippen molar-refractivity contribution in [1.29, 1.82) is 0 Å². The van der Waals surface area contributed by atoms with E-state index < -0.39 is 0 Å². The molecule has 1 heterocycles. The van der Waals surface area contributed by atoms with Crippen molar-refractivity contribution in [2.45, 2.75) is 19.6 Å². The topological polar surface area (TPSA) is 43.4 Å². The van der Waals surface area contributed by atoms with Gasteiger partial charge in [0, 0.05) is 25.0 Å². The van der Waals surface area contributed by atoms with Crippen LogP contribution in [0, 0.1) is 5.82 Å². The van der Waals surface area contributed by atoms with Crippen LogP contribution in [-0.4, -0.2) is 25.7 Å². The Morgan fingerprint density at radius 2 is 2.05 bits per heavy atom. The minimum absolute atomic E-state index is 0.261. The van der Waals surface area contributed by atoms with Crippen LogP contribution < -0.4 is 10.1 Å². The SMILES string of the molecule is CNCc1sc(CCOc2ccc(F)cc2)nc1COC. The van der Waals surface area contributed by atoms with E-state index in [0.717, 1.165) is 23.7 Å². The highest BCUT2D eigenvalue weighted by molar-refractivity contribution is 7.11. The summed E-state index contributed by atoms with van der Waals surface area (Å²) in [7, 11) is 3.58. The highest BCUT2D eigenvalue weighted by atomic mass is 32.1. The molecule has 1 aromatic heterocycles. The minimum atomic E-state index is -0.261. The van der Waals surface area contributed by atoms with Crippen molar-refractivity contribution < 1.29 is 13.9 Å². The molecular formula is C15H19FN2O2S. The number of rotatable bonds is 8. The summed E-state index contributed by atoms with van der Waals surface area (Å²) in [5.74, 6) is 0.406. The molecule has 0 spiro atoms.